The fourth-order valence-corrected chi connectivity index (χ4v) is 3.10. The molecular weight excluding hydrogens is 316 g/mol. The van der Waals surface area contributed by atoms with E-state index in [1.54, 1.807) is 12.1 Å². The Balaban J connectivity index is 2.03. The molecule has 22 heavy (non-hydrogen) atoms. The molecule has 0 aliphatic rings. The number of thiophene rings is 1. The molecule has 0 saturated heterocycles. The summed E-state index contributed by atoms with van der Waals surface area (Å²) < 4.78 is 2.51. The molecule has 3 aromatic rings. The molecule has 0 amide bonds. The monoisotopic (exact) mass is 326 g/mol. The Bertz CT molecular complexity index is 871. The minimum atomic E-state index is 0.454. The Labute approximate surface area is 136 Å². The number of aromatic nitrogens is 3. The second kappa shape index (κ2) is 6.14. The largest absolute Gasteiger partial charge is 0.310 e. The fourth-order valence-electron chi connectivity index (χ4n) is 2.10. The predicted molar refractivity (Wildman–Crippen MR) is 89.3 cm³/mol. The number of nitrogens with zero attached hydrogens (tertiary/aromatic N) is 4. The Morgan fingerprint density at radius 2 is 2.00 bits per heavy atom. The highest BCUT2D eigenvalue weighted by molar-refractivity contribution is 7.17. The highest BCUT2D eigenvalue weighted by atomic mass is 35.5. The molecule has 0 bridgehead atoms. The topological polar surface area (TPSA) is 54.5 Å². The van der Waals surface area contributed by atoms with Crippen LogP contribution in [0.4, 0.5) is 0 Å². The van der Waals surface area contributed by atoms with Gasteiger partial charge in [-0.25, -0.2) is 0 Å². The van der Waals surface area contributed by atoms with E-state index in [0.717, 1.165) is 16.3 Å². The fraction of sp³-hybridized carbons (Fsp3) is 0.0625. The Morgan fingerprint density at radius 3 is 2.64 bits per heavy atom. The molecule has 0 aliphatic heterocycles. The van der Waals surface area contributed by atoms with Gasteiger partial charge in [0.2, 0.25) is 0 Å². The summed E-state index contributed by atoms with van der Waals surface area (Å²) in [6, 6.07) is 15.6. The van der Waals surface area contributed by atoms with Gasteiger partial charge in [-0.1, -0.05) is 41.9 Å². The van der Waals surface area contributed by atoms with Crippen LogP contribution < -0.4 is 0 Å². The third-order valence-electron chi connectivity index (χ3n) is 3.15. The first-order valence-corrected chi connectivity index (χ1v) is 7.71. The zero-order valence-corrected chi connectivity index (χ0v) is 13.3. The van der Waals surface area contributed by atoms with Crippen LogP contribution in [0, 0.1) is 11.3 Å². The molecule has 0 saturated carbocycles. The summed E-state index contributed by atoms with van der Waals surface area (Å²) in [7, 11) is 1.85. The van der Waals surface area contributed by atoms with E-state index >= 15 is 0 Å². The van der Waals surface area contributed by atoms with Crippen molar-refractivity contribution in [3.8, 4) is 17.5 Å². The minimum absolute atomic E-state index is 0.454. The molecule has 2 heterocycles. The first kappa shape index (κ1) is 14.5. The van der Waals surface area contributed by atoms with Crippen LogP contribution in [0.1, 0.15) is 10.7 Å². The lowest BCUT2D eigenvalue weighted by molar-refractivity contribution is 0.901. The van der Waals surface area contributed by atoms with Gasteiger partial charge in [0.15, 0.2) is 11.6 Å². The van der Waals surface area contributed by atoms with Crippen LogP contribution in [0.25, 0.3) is 23.0 Å². The molecule has 108 valence electrons. The van der Waals surface area contributed by atoms with Crippen LogP contribution in [0.2, 0.25) is 4.34 Å². The summed E-state index contributed by atoms with van der Waals surface area (Å²) >= 11 is 7.34. The quantitative estimate of drug-likeness (QED) is 0.676. The van der Waals surface area contributed by atoms with E-state index < -0.39 is 0 Å². The normalized spacial score (nSPS) is 11.4. The van der Waals surface area contributed by atoms with Gasteiger partial charge in [0.05, 0.1) is 9.91 Å². The molecule has 0 aliphatic carbocycles. The summed E-state index contributed by atoms with van der Waals surface area (Å²) in [6.07, 6.45) is 1.77. The SMILES string of the molecule is Cn1c(/C(C#N)=C\c2ccc(Cl)s2)nnc1-c1ccccc1. The van der Waals surface area contributed by atoms with E-state index in [0.29, 0.717) is 15.7 Å². The molecule has 0 N–H and O–H groups in total. The van der Waals surface area contributed by atoms with Crippen LogP contribution >= 0.6 is 22.9 Å². The molecule has 2 aromatic heterocycles. The Morgan fingerprint density at radius 1 is 1.23 bits per heavy atom. The van der Waals surface area contributed by atoms with Crippen molar-refractivity contribution in [3.05, 3.63) is 57.5 Å². The summed E-state index contributed by atoms with van der Waals surface area (Å²) in [4.78, 5) is 0.908. The second-order valence-electron chi connectivity index (χ2n) is 4.58. The molecule has 4 nitrogen and oxygen atoms in total. The van der Waals surface area contributed by atoms with Crippen molar-refractivity contribution in [2.75, 3.05) is 0 Å². The average Bonchev–Trinajstić information content (AvgIpc) is 3.12. The van der Waals surface area contributed by atoms with E-state index in [1.165, 1.54) is 11.3 Å². The van der Waals surface area contributed by atoms with Gasteiger partial charge in [0.1, 0.15) is 6.07 Å². The van der Waals surface area contributed by atoms with E-state index in [-0.39, 0.29) is 0 Å². The number of benzene rings is 1. The van der Waals surface area contributed by atoms with Crippen molar-refractivity contribution in [3.63, 3.8) is 0 Å². The van der Waals surface area contributed by atoms with Gasteiger partial charge in [0.25, 0.3) is 0 Å². The van der Waals surface area contributed by atoms with Crippen molar-refractivity contribution < 1.29 is 0 Å². The highest BCUT2D eigenvalue weighted by Gasteiger charge is 2.14. The number of hydrogen-bond donors (Lipinski definition) is 0. The number of halogens is 1. The lowest BCUT2D eigenvalue weighted by Gasteiger charge is -2.02. The van der Waals surface area contributed by atoms with Crippen molar-refractivity contribution in [2.45, 2.75) is 0 Å². The molecular formula is C16H11ClN4S. The van der Waals surface area contributed by atoms with Gasteiger partial charge < -0.3 is 4.57 Å². The van der Waals surface area contributed by atoms with Crippen LogP contribution in [0.3, 0.4) is 0 Å². The summed E-state index contributed by atoms with van der Waals surface area (Å²) in [5, 5.41) is 17.8. The molecule has 0 fully saturated rings. The zero-order chi connectivity index (χ0) is 15.5. The van der Waals surface area contributed by atoms with Crippen LogP contribution in [0.5, 0.6) is 0 Å². The third-order valence-corrected chi connectivity index (χ3v) is 4.33. The van der Waals surface area contributed by atoms with Crippen molar-refractivity contribution in [1.29, 1.82) is 5.26 Å². The molecule has 0 unspecified atom stereocenters. The number of hydrogen-bond acceptors (Lipinski definition) is 4. The summed E-state index contributed by atoms with van der Waals surface area (Å²) in [5.41, 5.74) is 1.41. The van der Waals surface area contributed by atoms with E-state index in [1.807, 2.05) is 48.0 Å². The lowest BCUT2D eigenvalue weighted by atomic mass is 10.2. The van der Waals surface area contributed by atoms with Gasteiger partial charge in [-0.05, 0) is 18.2 Å². The zero-order valence-electron chi connectivity index (χ0n) is 11.7. The average molecular weight is 327 g/mol. The van der Waals surface area contributed by atoms with E-state index in [4.69, 9.17) is 11.6 Å². The maximum Gasteiger partial charge on any atom is 0.174 e. The smallest absolute Gasteiger partial charge is 0.174 e. The standard InChI is InChI=1S/C16H11ClN4S/c1-21-15(11-5-3-2-4-6-11)19-20-16(21)12(10-18)9-13-7-8-14(17)22-13/h2-9H,1H3/b12-9-. The van der Waals surface area contributed by atoms with Gasteiger partial charge in [-0.15, -0.1) is 21.5 Å². The molecule has 6 heteroatoms. The van der Waals surface area contributed by atoms with Gasteiger partial charge >= 0.3 is 0 Å². The number of allylic oxidation sites excluding steroid dienone is 1. The van der Waals surface area contributed by atoms with Gasteiger partial charge in [-0.3, -0.25) is 0 Å². The second-order valence-corrected chi connectivity index (χ2v) is 6.33. The van der Waals surface area contributed by atoms with E-state index in [2.05, 4.69) is 16.3 Å². The maximum absolute atomic E-state index is 9.42. The van der Waals surface area contributed by atoms with Gasteiger partial charge in [0, 0.05) is 17.5 Å². The van der Waals surface area contributed by atoms with Crippen molar-refractivity contribution >= 4 is 34.6 Å². The van der Waals surface area contributed by atoms with Gasteiger partial charge in [-0.2, -0.15) is 5.26 Å². The number of rotatable bonds is 3. The molecule has 1 aromatic carbocycles. The molecule has 3 rings (SSSR count). The lowest BCUT2D eigenvalue weighted by Crippen LogP contribution is -1.98. The predicted octanol–water partition coefficient (Wildman–Crippen LogP) is 4.26. The summed E-state index contributed by atoms with van der Waals surface area (Å²) in [6.45, 7) is 0. The maximum atomic E-state index is 9.42. The first-order chi connectivity index (χ1) is 10.7. The van der Waals surface area contributed by atoms with Crippen molar-refractivity contribution in [2.24, 2.45) is 7.05 Å². The Kier molecular flexibility index (Phi) is 4.05. The van der Waals surface area contributed by atoms with Crippen LogP contribution in [-0.4, -0.2) is 14.8 Å². The first-order valence-electron chi connectivity index (χ1n) is 6.51. The summed E-state index contributed by atoms with van der Waals surface area (Å²) in [5.74, 6) is 1.26. The third kappa shape index (κ3) is 2.80. The minimum Gasteiger partial charge on any atom is -0.310 e. The highest BCUT2D eigenvalue weighted by Crippen LogP contribution is 2.26. The van der Waals surface area contributed by atoms with E-state index in [9.17, 15) is 5.26 Å². The molecule has 0 spiro atoms. The van der Waals surface area contributed by atoms with Crippen molar-refractivity contribution in [1.82, 2.24) is 14.8 Å². The molecule has 0 radical (unpaired) electrons. The van der Waals surface area contributed by atoms with Crippen LogP contribution in [0.15, 0.2) is 42.5 Å². The van der Waals surface area contributed by atoms with Crippen LogP contribution in [-0.2, 0) is 7.05 Å². The molecule has 0 atom stereocenters. The Hall–Kier alpha value is -2.42. The number of nitriles is 1.